The molecule has 0 saturated heterocycles. The maximum atomic E-state index is 12.0. The molecule has 3 aromatic rings. The number of aryl methyl sites for hydroxylation is 1. The van der Waals surface area contributed by atoms with E-state index in [-0.39, 0.29) is 11.7 Å². The minimum absolute atomic E-state index is 0.170. The zero-order chi connectivity index (χ0) is 20.5. The summed E-state index contributed by atoms with van der Waals surface area (Å²) in [5.74, 6) is 0.934. The van der Waals surface area contributed by atoms with Crippen LogP contribution in [0, 0.1) is 6.92 Å². The molecule has 1 heterocycles. The predicted octanol–water partition coefficient (Wildman–Crippen LogP) is 5.10. The number of carbonyl (C=O) groups excluding carboxylic acids is 1. The first kappa shape index (κ1) is 21.9. The highest BCUT2D eigenvalue weighted by atomic mass is 32.2. The summed E-state index contributed by atoms with van der Waals surface area (Å²) in [5.41, 5.74) is 5.99. The van der Waals surface area contributed by atoms with E-state index < -0.39 is 0 Å². The first-order chi connectivity index (χ1) is 14.1. The third-order valence-electron chi connectivity index (χ3n) is 3.72. The Kier molecular flexibility index (Phi) is 8.60. The van der Waals surface area contributed by atoms with E-state index in [0.29, 0.717) is 0 Å². The van der Waals surface area contributed by atoms with Gasteiger partial charge in [0, 0.05) is 10.6 Å². The molecule has 1 amide bonds. The van der Waals surface area contributed by atoms with Crippen molar-refractivity contribution in [2.24, 2.45) is 5.10 Å². The molecule has 5 nitrogen and oxygen atoms in total. The minimum atomic E-state index is -0.170. The van der Waals surface area contributed by atoms with Crippen molar-refractivity contribution in [1.82, 2.24) is 15.6 Å². The summed E-state index contributed by atoms with van der Waals surface area (Å²) in [7, 11) is 0. The number of carbonyl (C=O) groups is 1. The summed E-state index contributed by atoms with van der Waals surface area (Å²) >= 11 is 6.21. The monoisotopic (exact) mass is 460 g/mol. The number of thioether (sulfide) groups is 3. The second kappa shape index (κ2) is 11.4. The molecule has 150 valence electrons. The Morgan fingerprint density at radius 1 is 1.07 bits per heavy atom. The number of rotatable bonds is 9. The number of aromatic nitrogens is 2. The molecule has 0 fully saturated rings. The Bertz CT molecular complexity index is 955. The Balaban J connectivity index is 1.39. The van der Waals surface area contributed by atoms with Gasteiger partial charge in [0.1, 0.15) is 0 Å². The van der Waals surface area contributed by atoms with E-state index in [9.17, 15) is 4.79 Å². The molecule has 0 aliphatic heterocycles. The second-order valence-corrected chi connectivity index (χ2v) is 10.3. The highest BCUT2D eigenvalue weighted by Crippen LogP contribution is 2.30. The van der Waals surface area contributed by atoms with Crippen LogP contribution in [0.3, 0.4) is 0 Å². The second-order valence-electron chi connectivity index (χ2n) is 5.96. The molecule has 0 saturated carbocycles. The molecule has 0 spiro atoms. The quantitative estimate of drug-likeness (QED) is 0.272. The molecule has 0 aliphatic rings. The molecular weight excluding hydrogens is 441 g/mol. The number of benzene rings is 2. The van der Waals surface area contributed by atoms with Gasteiger partial charge in [0.25, 0.3) is 5.91 Å². The van der Waals surface area contributed by atoms with Crippen LogP contribution in [0.15, 0.2) is 67.2 Å². The Hall–Kier alpha value is -1.81. The van der Waals surface area contributed by atoms with Crippen LogP contribution in [-0.2, 0) is 10.5 Å². The fourth-order valence-corrected chi connectivity index (χ4v) is 5.35. The van der Waals surface area contributed by atoms with Gasteiger partial charge < -0.3 is 0 Å². The zero-order valence-electron chi connectivity index (χ0n) is 16.0. The van der Waals surface area contributed by atoms with Gasteiger partial charge in [0.2, 0.25) is 0 Å². The molecule has 0 aliphatic carbocycles. The predicted molar refractivity (Wildman–Crippen MR) is 125 cm³/mol. The van der Waals surface area contributed by atoms with Crippen molar-refractivity contribution in [3.63, 3.8) is 0 Å². The minimum Gasteiger partial charge on any atom is -0.272 e. The van der Waals surface area contributed by atoms with Crippen molar-refractivity contribution in [3.05, 3.63) is 65.2 Å². The summed E-state index contributed by atoms with van der Waals surface area (Å²) in [5, 5.41) is 12.3. The largest absolute Gasteiger partial charge is 0.272 e. The van der Waals surface area contributed by atoms with Crippen LogP contribution in [0.2, 0.25) is 0 Å². The van der Waals surface area contributed by atoms with Crippen LogP contribution in [0.25, 0.3) is 0 Å². The molecule has 0 radical (unpaired) electrons. The van der Waals surface area contributed by atoms with Crippen molar-refractivity contribution < 1.29 is 4.79 Å². The molecule has 0 unspecified atom stereocenters. The highest BCUT2D eigenvalue weighted by molar-refractivity contribution is 8.03. The number of nitrogens with one attached hydrogen (secondary N) is 1. The molecule has 9 heteroatoms. The molecule has 0 bridgehead atoms. The summed E-state index contributed by atoms with van der Waals surface area (Å²) in [4.78, 5) is 13.1. The third kappa shape index (κ3) is 7.50. The van der Waals surface area contributed by atoms with Crippen LogP contribution in [0.4, 0.5) is 0 Å². The van der Waals surface area contributed by atoms with Crippen molar-refractivity contribution in [3.8, 4) is 0 Å². The van der Waals surface area contributed by atoms with E-state index in [1.54, 1.807) is 29.7 Å². The van der Waals surface area contributed by atoms with Crippen LogP contribution in [0.1, 0.15) is 16.7 Å². The van der Waals surface area contributed by atoms with Gasteiger partial charge in [-0.05, 0) is 36.4 Å². The normalized spacial score (nSPS) is 11.1. The molecule has 3 rings (SSSR count). The van der Waals surface area contributed by atoms with Crippen LogP contribution in [-0.4, -0.2) is 34.3 Å². The maximum Gasteiger partial charge on any atom is 0.250 e. The van der Waals surface area contributed by atoms with E-state index >= 15 is 0 Å². The van der Waals surface area contributed by atoms with Gasteiger partial charge >= 0.3 is 0 Å². The molecule has 29 heavy (non-hydrogen) atoms. The van der Waals surface area contributed by atoms with Gasteiger partial charge in [-0.25, -0.2) is 5.43 Å². The standard InChI is InChI=1S/C20H20N4OS4/c1-14-3-5-16(6-4-14)12-27-19-23-24-20(29-19)28-13-18(25)22-21-11-15-7-9-17(26-2)10-8-15/h3-11H,12-13H2,1-2H3,(H,22,25)/b21-11-. The van der Waals surface area contributed by atoms with Crippen molar-refractivity contribution in [2.75, 3.05) is 12.0 Å². The first-order valence-electron chi connectivity index (χ1n) is 8.73. The summed E-state index contributed by atoms with van der Waals surface area (Å²) in [6.45, 7) is 2.08. The fraction of sp³-hybridized carbons (Fsp3) is 0.200. The van der Waals surface area contributed by atoms with Gasteiger partial charge in [-0.15, -0.1) is 22.0 Å². The lowest BCUT2D eigenvalue weighted by molar-refractivity contribution is -0.118. The Labute approximate surface area is 187 Å². The summed E-state index contributed by atoms with van der Waals surface area (Å²) in [6, 6.07) is 16.4. The lowest BCUT2D eigenvalue weighted by Gasteiger charge is -1.99. The molecule has 1 aromatic heterocycles. The SMILES string of the molecule is CSc1ccc(/C=N\NC(=O)CSc2nnc(SCc3ccc(C)cc3)s2)cc1. The van der Waals surface area contributed by atoms with Crippen LogP contribution in [0.5, 0.6) is 0 Å². The highest BCUT2D eigenvalue weighted by Gasteiger charge is 2.08. The number of nitrogens with zero attached hydrogens (tertiary/aromatic N) is 3. The number of hydrazone groups is 1. The molecule has 0 atom stereocenters. The zero-order valence-corrected chi connectivity index (χ0v) is 19.3. The maximum absolute atomic E-state index is 12.0. The Morgan fingerprint density at radius 2 is 1.76 bits per heavy atom. The van der Waals surface area contributed by atoms with Gasteiger partial charge in [-0.1, -0.05) is 76.8 Å². The third-order valence-corrected chi connectivity index (χ3v) is 7.72. The van der Waals surface area contributed by atoms with Crippen LogP contribution >= 0.6 is 46.6 Å². The van der Waals surface area contributed by atoms with Gasteiger partial charge in [-0.3, -0.25) is 4.79 Å². The average Bonchev–Trinajstić information content (AvgIpc) is 3.20. The smallest absolute Gasteiger partial charge is 0.250 e. The lowest BCUT2D eigenvalue weighted by Crippen LogP contribution is -2.19. The van der Waals surface area contributed by atoms with Crippen molar-refractivity contribution in [1.29, 1.82) is 0 Å². The van der Waals surface area contributed by atoms with E-state index in [0.717, 1.165) is 20.0 Å². The van der Waals surface area contributed by atoms with Gasteiger partial charge in [0.15, 0.2) is 8.68 Å². The molecular formula is C20H20N4OS4. The molecule has 2 aromatic carbocycles. The number of amides is 1. The van der Waals surface area contributed by atoms with Gasteiger partial charge in [-0.2, -0.15) is 5.10 Å². The summed E-state index contributed by atoms with van der Waals surface area (Å²) < 4.78 is 1.68. The van der Waals surface area contributed by atoms with E-state index in [1.165, 1.54) is 39.1 Å². The van der Waals surface area contributed by atoms with Crippen molar-refractivity contribution in [2.45, 2.75) is 26.3 Å². The lowest BCUT2D eigenvalue weighted by atomic mass is 10.2. The topological polar surface area (TPSA) is 67.2 Å². The summed E-state index contributed by atoms with van der Waals surface area (Å²) in [6.07, 6.45) is 3.67. The number of hydrogen-bond acceptors (Lipinski definition) is 8. The Morgan fingerprint density at radius 3 is 2.45 bits per heavy atom. The number of hydrogen-bond donors (Lipinski definition) is 1. The van der Waals surface area contributed by atoms with Crippen molar-refractivity contribution >= 4 is 58.7 Å². The molecule has 1 N–H and O–H groups in total. The van der Waals surface area contributed by atoms with E-state index in [4.69, 9.17) is 0 Å². The average molecular weight is 461 g/mol. The fourth-order valence-electron chi connectivity index (χ4n) is 2.17. The van der Waals surface area contributed by atoms with Gasteiger partial charge in [0.05, 0.1) is 12.0 Å². The van der Waals surface area contributed by atoms with E-state index in [2.05, 4.69) is 51.9 Å². The van der Waals surface area contributed by atoms with Crippen LogP contribution < -0.4 is 5.43 Å². The first-order valence-corrected chi connectivity index (χ1v) is 12.7. The van der Waals surface area contributed by atoms with E-state index in [1.807, 2.05) is 30.5 Å².